The summed E-state index contributed by atoms with van der Waals surface area (Å²) < 4.78 is 5.50. The number of aliphatic hydroxyl groups excluding tert-OH is 2. The first-order valence-corrected chi connectivity index (χ1v) is 32.3. The van der Waals surface area contributed by atoms with Crippen LogP contribution in [0.25, 0.3) is 0 Å². The summed E-state index contributed by atoms with van der Waals surface area (Å²) in [5.74, 6) is -0.0100. The van der Waals surface area contributed by atoms with Crippen molar-refractivity contribution in [3.63, 3.8) is 0 Å². The maximum atomic E-state index is 12.4. The molecule has 0 aliphatic rings. The van der Waals surface area contributed by atoms with Crippen LogP contribution < -0.4 is 5.32 Å². The first-order chi connectivity index (χ1) is 34.5. The Morgan fingerprint density at radius 3 is 0.871 bits per heavy atom. The van der Waals surface area contributed by atoms with E-state index in [4.69, 9.17) is 4.74 Å². The molecular weight excluding hydrogens is 863 g/mol. The van der Waals surface area contributed by atoms with Gasteiger partial charge in [0, 0.05) is 12.8 Å². The molecule has 418 valence electrons. The van der Waals surface area contributed by atoms with Crippen molar-refractivity contribution in [1.82, 2.24) is 5.32 Å². The molecule has 0 heterocycles. The van der Waals surface area contributed by atoms with Crippen LogP contribution in [0, 0.1) is 0 Å². The standard InChI is InChI=1S/C64H127NO5/c1-3-5-7-9-11-13-15-16-17-28-32-35-38-42-46-50-54-58-64(69)70-59-55-51-47-43-39-36-33-30-27-25-23-21-19-18-20-22-24-26-29-31-34-37-41-45-49-53-57-63(68)65-61(60-66)62(67)56-52-48-44-40-14-12-10-8-6-4-2/h61-62,66-67H,3-60H2,1-2H3,(H,65,68). The zero-order valence-electron chi connectivity index (χ0n) is 47.8. The fourth-order valence-corrected chi connectivity index (χ4v) is 10.5. The number of amides is 1. The van der Waals surface area contributed by atoms with Gasteiger partial charge in [0.2, 0.25) is 5.91 Å². The highest BCUT2D eigenvalue weighted by atomic mass is 16.5. The molecule has 0 aliphatic heterocycles. The maximum absolute atomic E-state index is 12.4. The minimum atomic E-state index is -0.659. The van der Waals surface area contributed by atoms with E-state index in [-0.39, 0.29) is 18.5 Å². The van der Waals surface area contributed by atoms with E-state index < -0.39 is 12.1 Å². The second-order valence-corrected chi connectivity index (χ2v) is 22.5. The molecule has 2 unspecified atom stereocenters. The Balaban J connectivity index is 3.30. The molecule has 0 rings (SSSR count). The van der Waals surface area contributed by atoms with Crippen molar-refractivity contribution in [3.8, 4) is 0 Å². The highest BCUT2D eigenvalue weighted by Gasteiger charge is 2.20. The Bertz CT molecular complexity index is 1010. The van der Waals surface area contributed by atoms with Gasteiger partial charge in [-0.1, -0.05) is 335 Å². The molecule has 0 fully saturated rings. The quantitative estimate of drug-likeness (QED) is 0.0417. The van der Waals surface area contributed by atoms with Crippen molar-refractivity contribution in [2.75, 3.05) is 13.2 Å². The summed E-state index contributed by atoms with van der Waals surface area (Å²) in [6.07, 6.45) is 71.4. The molecule has 1 amide bonds. The molecule has 0 radical (unpaired) electrons. The lowest BCUT2D eigenvalue weighted by molar-refractivity contribution is -0.143. The molecule has 0 saturated carbocycles. The number of carbonyl (C=O) groups is 2. The Kier molecular flexibility index (Phi) is 59.4. The molecular formula is C64H127NO5. The van der Waals surface area contributed by atoms with E-state index in [1.807, 2.05) is 0 Å². The fourth-order valence-electron chi connectivity index (χ4n) is 10.5. The number of unbranched alkanes of at least 4 members (excludes halogenated alkanes) is 50. The van der Waals surface area contributed by atoms with Gasteiger partial charge in [0.25, 0.3) is 0 Å². The van der Waals surface area contributed by atoms with Gasteiger partial charge >= 0.3 is 5.97 Å². The minimum Gasteiger partial charge on any atom is -0.466 e. The zero-order chi connectivity index (χ0) is 50.7. The second kappa shape index (κ2) is 60.4. The molecule has 3 N–H and O–H groups in total. The third kappa shape index (κ3) is 56.2. The summed E-state index contributed by atoms with van der Waals surface area (Å²) >= 11 is 0. The summed E-state index contributed by atoms with van der Waals surface area (Å²) in [6, 6.07) is -0.536. The summed E-state index contributed by atoms with van der Waals surface area (Å²) in [4.78, 5) is 24.5. The van der Waals surface area contributed by atoms with Crippen LogP contribution in [0.2, 0.25) is 0 Å². The van der Waals surface area contributed by atoms with Gasteiger partial charge in [-0.15, -0.1) is 0 Å². The zero-order valence-corrected chi connectivity index (χ0v) is 47.8. The van der Waals surface area contributed by atoms with E-state index in [1.54, 1.807) is 0 Å². The van der Waals surface area contributed by atoms with Gasteiger partial charge in [0.1, 0.15) is 0 Å². The smallest absolute Gasteiger partial charge is 0.305 e. The monoisotopic (exact) mass is 990 g/mol. The molecule has 0 aromatic rings. The Labute approximate surface area is 438 Å². The van der Waals surface area contributed by atoms with Crippen LogP contribution in [0.3, 0.4) is 0 Å². The molecule has 0 saturated heterocycles. The largest absolute Gasteiger partial charge is 0.466 e. The van der Waals surface area contributed by atoms with Crippen molar-refractivity contribution >= 4 is 11.9 Å². The van der Waals surface area contributed by atoms with Crippen LogP contribution in [0.1, 0.15) is 373 Å². The fraction of sp³-hybridized carbons (Fsp3) is 0.969. The van der Waals surface area contributed by atoms with Gasteiger partial charge < -0.3 is 20.3 Å². The first-order valence-electron chi connectivity index (χ1n) is 32.3. The Morgan fingerprint density at radius 1 is 0.343 bits per heavy atom. The van der Waals surface area contributed by atoms with Crippen molar-refractivity contribution < 1.29 is 24.5 Å². The van der Waals surface area contributed by atoms with E-state index in [9.17, 15) is 19.8 Å². The van der Waals surface area contributed by atoms with Crippen molar-refractivity contribution in [2.45, 2.75) is 386 Å². The number of aliphatic hydroxyl groups is 2. The highest BCUT2D eigenvalue weighted by Crippen LogP contribution is 2.19. The number of hydrogen-bond donors (Lipinski definition) is 3. The lowest BCUT2D eigenvalue weighted by Gasteiger charge is -2.22. The SMILES string of the molecule is CCCCCCCCCCCCCCCCCCCC(=O)OCCCCCCCCCCCCCCCCCCCCCCCCCCCCC(=O)NC(CO)C(O)CCCCCCCCCCCC. The molecule has 2 atom stereocenters. The van der Waals surface area contributed by atoms with Gasteiger partial charge in [0.15, 0.2) is 0 Å². The third-order valence-electron chi connectivity index (χ3n) is 15.4. The van der Waals surface area contributed by atoms with Gasteiger partial charge in [-0.3, -0.25) is 9.59 Å². The number of rotatable bonds is 61. The number of hydrogen-bond acceptors (Lipinski definition) is 5. The predicted octanol–water partition coefficient (Wildman–Crippen LogP) is 20.3. The van der Waals surface area contributed by atoms with Crippen LogP contribution in [0.5, 0.6) is 0 Å². The van der Waals surface area contributed by atoms with E-state index in [2.05, 4.69) is 19.2 Å². The number of nitrogens with one attached hydrogen (secondary N) is 1. The third-order valence-corrected chi connectivity index (χ3v) is 15.4. The van der Waals surface area contributed by atoms with E-state index in [0.29, 0.717) is 25.9 Å². The van der Waals surface area contributed by atoms with Gasteiger partial charge in [0.05, 0.1) is 25.4 Å². The molecule has 0 bridgehead atoms. The molecule has 70 heavy (non-hydrogen) atoms. The average molecular weight is 991 g/mol. The van der Waals surface area contributed by atoms with Gasteiger partial charge in [-0.25, -0.2) is 0 Å². The van der Waals surface area contributed by atoms with Crippen molar-refractivity contribution in [3.05, 3.63) is 0 Å². The molecule has 6 heteroatoms. The maximum Gasteiger partial charge on any atom is 0.305 e. The van der Waals surface area contributed by atoms with Crippen LogP contribution in [0.15, 0.2) is 0 Å². The van der Waals surface area contributed by atoms with Gasteiger partial charge in [-0.05, 0) is 25.7 Å². The predicted molar refractivity (Wildman–Crippen MR) is 306 cm³/mol. The second-order valence-electron chi connectivity index (χ2n) is 22.5. The van der Waals surface area contributed by atoms with E-state index >= 15 is 0 Å². The summed E-state index contributed by atoms with van der Waals surface area (Å²) in [7, 11) is 0. The molecule has 0 aromatic carbocycles. The van der Waals surface area contributed by atoms with Crippen LogP contribution in [0.4, 0.5) is 0 Å². The Morgan fingerprint density at radius 2 is 0.586 bits per heavy atom. The van der Waals surface area contributed by atoms with Crippen molar-refractivity contribution in [2.24, 2.45) is 0 Å². The van der Waals surface area contributed by atoms with Crippen LogP contribution in [-0.2, 0) is 14.3 Å². The summed E-state index contributed by atoms with van der Waals surface area (Å²) in [5.41, 5.74) is 0. The molecule has 0 aromatic heterocycles. The normalized spacial score (nSPS) is 12.5. The lowest BCUT2D eigenvalue weighted by Crippen LogP contribution is -2.45. The number of esters is 1. The first kappa shape index (κ1) is 68.9. The Hall–Kier alpha value is -1.14. The average Bonchev–Trinajstić information content (AvgIpc) is 3.36. The minimum absolute atomic E-state index is 0.0221. The summed E-state index contributed by atoms with van der Waals surface area (Å²) in [6.45, 7) is 4.98. The van der Waals surface area contributed by atoms with Crippen LogP contribution in [-0.4, -0.2) is 47.4 Å². The lowest BCUT2D eigenvalue weighted by atomic mass is 10.0. The topological polar surface area (TPSA) is 95.9 Å². The molecule has 6 nitrogen and oxygen atoms in total. The number of ether oxygens (including phenoxy) is 1. The van der Waals surface area contributed by atoms with Crippen molar-refractivity contribution in [1.29, 1.82) is 0 Å². The highest BCUT2D eigenvalue weighted by molar-refractivity contribution is 5.76. The van der Waals surface area contributed by atoms with Crippen LogP contribution >= 0.6 is 0 Å². The molecule has 0 aliphatic carbocycles. The van der Waals surface area contributed by atoms with E-state index in [0.717, 1.165) is 38.5 Å². The van der Waals surface area contributed by atoms with Gasteiger partial charge in [-0.2, -0.15) is 0 Å². The molecule has 0 spiro atoms. The van der Waals surface area contributed by atoms with E-state index in [1.165, 1.54) is 302 Å². The number of carbonyl (C=O) groups excluding carboxylic acids is 2. The summed E-state index contributed by atoms with van der Waals surface area (Å²) in [5, 5.41) is 23.2.